The van der Waals surface area contributed by atoms with Gasteiger partial charge in [-0.1, -0.05) is 73.3 Å². The second-order valence-electron chi connectivity index (χ2n) is 7.19. The summed E-state index contributed by atoms with van der Waals surface area (Å²) in [7, 11) is 1.48. The quantitative estimate of drug-likeness (QED) is 0.106. The van der Waals surface area contributed by atoms with Crippen LogP contribution in [-0.2, 0) is 22.7 Å². The zero-order chi connectivity index (χ0) is 22.3. The first-order chi connectivity index (χ1) is 15.7. The predicted molar refractivity (Wildman–Crippen MR) is 128 cm³/mol. The van der Waals surface area contributed by atoms with Crippen LogP contribution in [0.2, 0.25) is 0 Å². The molecule has 0 amide bonds. The number of fused-ring (bicyclic) bond motifs is 1. The average Bonchev–Trinajstić information content (AvgIpc) is 3.20. The van der Waals surface area contributed by atoms with Crippen molar-refractivity contribution < 1.29 is 14.5 Å². The normalized spacial score (nSPS) is 11.2. The Kier molecular flexibility index (Phi) is 7.42. The second kappa shape index (κ2) is 10.6. The lowest BCUT2D eigenvalue weighted by Crippen LogP contribution is -2.09. The van der Waals surface area contributed by atoms with Crippen molar-refractivity contribution >= 4 is 22.8 Å². The van der Waals surface area contributed by atoms with Gasteiger partial charge in [-0.05, 0) is 35.4 Å². The molecule has 0 N–H and O–H groups in total. The van der Waals surface area contributed by atoms with Crippen LogP contribution in [-0.4, -0.2) is 41.1 Å². The van der Waals surface area contributed by atoms with Gasteiger partial charge < -0.3 is 9.30 Å². The molecule has 0 aliphatic carbocycles. The molecule has 4 rings (SSSR count). The van der Waals surface area contributed by atoms with Crippen molar-refractivity contribution in [1.82, 2.24) is 14.5 Å². The molecule has 32 heavy (non-hydrogen) atoms. The molecule has 7 heteroatoms. The van der Waals surface area contributed by atoms with Gasteiger partial charge in [0.2, 0.25) is 5.88 Å². The van der Waals surface area contributed by atoms with Gasteiger partial charge in [-0.15, -0.1) is 0 Å². The molecule has 0 saturated carbocycles. The second-order valence-corrected chi connectivity index (χ2v) is 7.96. The van der Waals surface area contributed by atoms with E-state index in [1.165, 1.54) is 41.3 Å². The summed E-state index contributed by atoms with van der Waals surface area (Å²) in [5.74, 6) is 0.573. The first-order valence-corrected chi connectivity index (χ1v) is 11.8. The summed E-state index contributed by atoms with van der Waals surface area (Å²) in [6.45, 7) is 3.54. The summed E-state index contributed by atoms with van der Waals surface area (Å²) in [5.41, 5.74) is 5.75. The minimum Gasteiger partial charge on any atom is -0.474 e. The van der Waals surface area contributed by atoms with Gasteiger partial charge in [0.05, 0.1) is 12.5 Å². The molecule has 0 radical (unpaired) electrons. The molecule has 0 atom stereocenters. The zero-order valence-electron chi connectivity index (χ0n) is 18.6. The van der Waals surface area contributed by atoms with Crippen LogP contribution in [0, 0.1) is 0 Å². The lowest BCUT2D eigenvalue weighted by molar-refractivity contribution is -0.275. The van der Waals surface area contributed by atoms with Crippen LogP contribution in [0.1, 0.15) is 18.2 Å². The van der Waals surface area contributed by atoms with E-state index in [2.05, 4.69) is 76.0 Å². The number of aromatic nitrogens is 3. The van der Waals surface area contributed by atoms with Crippen molar-refractivity contribution in [2.45, 2.75) is 25.0 Å². The minimum absolute atomic E-state index is 0.322. The van der Waals surface area contributed by atoms with Gasteiger partial charge >= 0.3 is 0 Å². The molecule has 166 valence electrons. The lowest BCUT2D eigenvalue weighted by Gasteiger charge is -2.14. The molecular weight excluding hydrogens is 422 g/mol. The Hall–Kier alpha value is -2.87. The first-order valence-electron chi connectivity index (χ1n) is 10.6. The Labute approximate surface area is 192 Å². The molecule has 0 aliphatic rings. The van der Waals surface area contributed by atoms with Gasteiger partial charge in [0.1, 0.15) is 18.9 Å². The molecule has 2 heterocycles. The summed E-state index contributed by atoms with van der Waals surface area (Å²) in [4.78, 5) is 19.0. The SMILES string of the molecule is CCc1cc2c(OCCOOC)nc(SC)nc2n1Cc1ccccc1-c1ccccc1. The highest BCUT2D eigenvalue weighted by Gasteiger charge is 2.18. The van der Waals surface area contributed by atoms with Crippen LogP contribution < -0.4 is 4.74 Å². The summed E-state index contributed by atoms with van der Waals surface area (Å²) >= 11 is 1.50. The van der Waals surface area contributed by atoms with Crippen molar-refractivity contribution in [2.75, 3.05) is 26.6 Å². The Morgan fingerprint density at radius 3 is 2.50 bits per heavy atom. The number of benzene rings is 2. The molecule has 6 nitrogen and oxygen atoms in total. The van der Waals surface area contributed by atoms with Crippen molar-refractivity contribution in [3.63, 3.8) is 0 Å². The molecule has 0 fully saturated rings. The van der Waals surface area contributed by atoms with Gasteiger partial charge in [0, 0.05) is 12.2 Å². The summed E-state index contributed by atoms with van der Waals surface area (Å²) in [6, 6.07) is 21.2. The van der Waals surface area contributed by atoms with E-state index in [4.69, 9.17) is 14.6 Å². The highest BCUT2D eigenvalue weighted by molar-refractivity contribution is 7.98. The van der Waals surface area contributed by atoms with Gasteiger partial charge in [0.15, 0.2) is 5.16 Å². The van der Waals surface area contributed by atoms with E-state index in [1.807, 2.05) is 12.3 Å². The van der Waals surface area contributed by atoms with E-state index >= 15 is 0 Å². The summed E-state index contributed by atoms with van der Waals surface area (Å²) in [5, 5.41) is 1.59. The van der Waals surface area contributed by atoms with Crippen LogP contribution in [0.25, 0.3) is 22.2 Å². The Balaban J connectivity index is 1.77. The maximum atomic E-state index is 5.94. The van der Waals surface area contributed by atoms with Crippen molar-refractivity contribution in [3.05, 3.63) is 71.9 Å². The molecule has 0 bridgehead atoms. The molecule has 2 aromatic carbocycles. The molecule has 2 aromatic heterocycles. The third kappa shape index (κ3) is 4.80. The zero-order valence-corrected chi connectivity index (χ0v) is 19.4. The van der Waals surface area contributed by atoms with Crippen LogP contribution in [0.3, 0.4) is 0 Å². The smallest absolute Gasteiger partial charge is 0.227 e. The number of rotatable bonds is 10. The molecular formula is C25H27N3O3S. The highest BCUT2D eigenvalue weighted by atomic mass is 32.2. The third-order valence-electron chi connectivity index (χ3n) is 5.28. The van der Waals surface area contributed by atoms with Crippen LogP contribution in [0.15, 0.2) is 65.8 Å². The van der Waals surface area contributed by atoms with Gasteiger partial charge in [-0.25, -0.2) is 14.8 Å². The van der Waals surface area contributed by atoms with Crippen molar-refractivity contribution in [3.8, 4) is 17.0 Å². The molecule has 0 unspecified atom stereocenters. The number of aryl methyl sites for hydroxylation is 1. The number of ether oxygens (including phenoxy) is 1. The van der Waals surface area contributed by atoms with Crippen molar-refractivity contribution in [2.24, 2.45) is 0 Å². The first kappa shape index (κ1) is 22.3. The monoisotopic (exact) mass is 449 g/mol. The van der Waals surface area contributed by atoms with E-state index in [0.29, 0.717) is 24.3 Å². The standard InChI is InChI=1S/C25H27N3O3S/c1-4-20-16-22-23(26-25(32-3)27-24(22)30-14-15-31-29-2)28(20)17-19-12-8-9-13-21(19)18-10-6-5-7-11-18/h5-13,16H,4,14-15,17H2,1-3H3. The van der Waals surface area contributed by atoms with E-state index in [-0.39, 0.29) is 0 Å². The maximum absolute atomic E-state index is 5.94. The fourth-order valence-corrected chi connectivity index (χ4v) is 4.14. The molecule has 0 aliphatic heterocycles. The minimum atomic E-state index is 0.322. The third-order valence-corrected chi connectivity index (χ3v) is 5.83. The largest absolute Gasteiger partial charge is 0.474 e. The van der Waals surface area contributed by atoms with Crippen molar-refractivity contribution in [1.29, 1.82) is 0 Å². The average molecular weight is 450 g/mol. The van der Waals surface area contributed by atoms with E-state index < -0.39 is 0 Å². The number of thioether (sulfide) groups is 1. The Morgan fingerprint density at radius 2 is 1.75 bits per heavy atom. The maximum Gasteiger partial charge on any atom is 0.227 e. The summed E-state index contributed by atoms with van der Waals surface area (Å²) < 4.78 is 8.21. The lowest BCUT2D eigenvalue weighted by atomic mass is 9.99. The van der Waals surface area contributed by atoms with E-state index in [0.717, 1.165) is 24.0 Å². The van der Waals surface area contributed by atoms with Crippen LogP contribution in [0.4, 0.5) is 0 Å². The van der Waals surface area contributed by atoms with Gasteiger partial charge in [-0.3, -0.25) is 0 Å². The van der Waals surface area contributed by atoms with Gasteiger partial charge in [-0.2, -0.15) is 4.98 Å². The predicted octanol–water partition coefficient (Wildman–Crippen LogP) is 5.39. The van der Waals surface area contributed by atoms with Crippen LogP contribution >= 0.6 is 11.8 Å². The van der Waals surface area contributed by atoms with E-state index in [1.54, 1.807) is 0 Å². The fraction of sp³-hybridized carbons (Fsp3) is 0.280. The Morgan fingerprint density at radius 1 is 0.969 bits per heavy atom. The van der Waals surface area contributed by atoms with E-state index in [9.17, 15) is 0 Å². The highest BCUT2D eigenvalue weighted by Crippen LogP contribution is 2.31. The van der Waals surface area contributed by atoms with Crippen LogP contribution in [0.5, 0.6) is 5.88 Å². The molecule has 4 aromatic rings. The van der Waals surface area contributed by atoms with Gasteiger partial charge in [0.25, 0.3) is 0 Å². The molecule has 0 saturated heterocycles. The number of hydrogen-bond donors (Lipinski definition) is 0. The molecule has 0 spiro atoms. The topological polar surface area (TPSA) is 58.4 Å². The summed E-state index contributed by atoms with van der Waals surface area (Å²) in [6.07, 6.45) is 2.85. The fourth-order valence-electron chi connectivity index (χ4n) is 3.79. The number of nitrogens with zero attached hydrogens (tertiary/aromatic N) is 3. The number of hydrogen-bond acceptors (Lipinski definition) is 6. The Bertz CT molecular complexity index is 1180.